The average Bonchev–Trinajstić information content (AvgIpc) is 2.61. The number of pyridine rings is 2. The van der Waals surface area contributed by atoms with Gasteiger partial charge in [0.05, 0.1) is 11.6 Å². The summed E-state index contributed by atoms with van der Waals surface area (Å²) in [4.78, 5) is 8.59. The maximum Gasteiger partial charge on any atom is 0.228 e. The molecule has 0 aliphatic rings. The molecule has 0 spiro atoms. The lowest BCUT2D eigenvalue weighted by Gasteiger charge is -2.09. The van der Waals surface area contributed by atoms with E-state index in [0.29, 0.717) is 18.4 Å². The molecular formula is C18H15BrN2O2. The van der Waals surface area contributed by atoms with Gasteiger partial charge in [-0.3, -0.25) is 0 Å². The lowest BCUT2D eigenvalue weighted by Crippen LogP contribution is -1.98. The average molecular weight is 371 g/mol. The quantitative estimate of drug-likeness (QED) is 0.663. The zero-order valence-corrected chi connectivity index (χ0v) is 14.2. The molecule has 0 N–H and O–H groups in total. The fraction of sp³-hybridized carbons (Fsp3) is 0.111. The highest BCUT2D eigenvalue weighted by atomic mass is 79.9. The number of halogens is 1. The van der Waals surface area contributed by atoms with Crippen LogP contribution in [0.4, 0.5) is 0 Å². The van der Waals surface area contributed by atoms with Gasteiger partial charge in [0.25, 0.3) is 0 Å². The van der Waals surface area contributed by atoms with Crippen LogP contribution in [0.5, 0.6) is 11.8 Å². The second kappa shape index (κ2) is 7.24. The third-order valence-corrected chi connectivity index (χ3v) is 3.87. The summed E-state index contributed by atoms with van der Waals surface area (Å²) in [5, 5.41) is 0. The van der Waals surface area contributed by atoms with Gasteiger partial charge in [0, 0.05) is 29.6 Å². The van der Waals surface area contributed by atoms with Crippen molar-refractivity contribution in [3.63, 3.8) is 0 Å². The summed E-state index contributed by atoms with van der Waals surface area (Å²) in [7, 11) is 1.60. The molecule has 3 rings (SSSR count). The van der Waals surface area contributed by atoms with E-state index in [1.165, 1.54) is 0 Å². The molecule has 0 aliphatic heterocycles. The Hall–Kier alpha value is -2.40. The second-order valence-electron chi connectivity index (χ2n) is 4.87. The van der Waals surface area contributed by atoms with Gasteiger partial charge in [-0.15, -0.1) is 0 Å². The van der Waals surface area contributed by atoms with Crippen LogP contribution in [0.15, 0.2) is 65.4 Å². The van der Waals surface area contributed by atoms with Crippen LogP contribution >= 0.6 is 15.9 Å². The third kappa shape index (κ3) is 3.87. The first-order chi connectivity index (χ1) is 11.3. The molecule has 0 atom stereocenters. The van der Waals surface area contributed by atoms with Crippen molar-refractivity contribution in [3.8, 4) is 22.9 Å². The summed E-state index contributed by atoms with van der Waals surface area (Å²) in [5.41, 5.74) is 3.03. The minimum Gasteiger partial charge on any atom is -0.481 e. The molecule has 0 amide bonds. The van der Waals surface area contributed by atoms with Gasteiger partial charge in [0.2, 0.25) is 11.8 Å². The maximum atomic E-state index is 5.76. The maximum absolute atomic E-state index is 5.76. The fourth-order valence-corrected chi connectivity index (χ4v) is 2.55. The number of aromatic nitrogens is 2. The van der Waals surface area contributed by atoms with Gasteiger partial charge < -0.3 is 9.47 Å². The number of hydrogen-bond acceptors (Lipinski definition) is 4. The Balaban J connectivity index is 1.74. The number of hydrogen-bond donors (Lipinski definition) is 0. The standard InChI is InChI=1S/C18H15BrN2O2/c1-22-17-8-7-14(10-20-17)15-9-16(19)18(21-11-15)23-12-13-5-3-2-4-6-13/h2-11H,12H2,1H3. The fourth-order valence-electron chi connectivity index (χ4n) is 2.09. The second-order valence-corrected chi connectivity index (χ2v) is 5.73. The molecule has 116 valence electrons. The normalized spacial score (nSPS) is 10.3. The highest BCUT2D eigenvalue weighted by Gasteiger charge is 2.07. The van der Waals surface area contributed by atoms with Crippen molar-refractivity contribution < 1.29 is 9.47 Å². The van der Waals surface area contributed by atoms with Gasteiger partial charge in [-0.1, -0.05) is 30.3 Å². The van der Waals surface area contributed by atoms with E-state index in [-0.39, 0.29) is 0 Å². The molecule has 0 saturated heterocycles. The van der Waals surface area contributed by atoms with Crippen LogP contribution in [0.25, 0.3) is 11.1 Å². The largest absolute Gasteiger partial charge is 0.481 e. The highest BCUT2D eigenvalue weighted by molar-refractivity contribution is 9.10. The zero-order valence-electron chi connectivity index (χ0n) is 12.6. The molecule has 2 aromatic heterocycles. The molecular weight excluding hydrogens is 356 g/mol. The smallest absolute Gasteiger partial charge is 0.228 e. The Morgan fingerprint density at radius 1 is 0.957 bits per heavy atom. The van der Waals surface area contributed by atoms with Crippen LogP contribution in [0.1, 0.15) is 5.56 Å². The summed E-state index contributed by atoms with van der Waals surface area (Å²) >= 11 is 3.51. The first kappa shape index (κ1) is 15.5. The van der Waals surface area contributed by atoms with Crippen molar-refractivity contribution in [2.75, 3.05) is 7.11 Å². The van der Waals surface area contributed by atoms with E-state index >= 15 is 0 Å². The molecule has 0 bridgehead atoms. The van der Waals surface area contributed by atoms with E-state index in [9.17, 15) is 0 Å². The Kier molecular flexibility index (Phi) is 4.88. The van der Waals surface area contributed by atoms with Gasteiger partial charge in [-0.2, -0.15) is 0 Å². The number of methoxy groups -OCH3 is 1. The van der Waals surface area contributed by atoms with E-state index < -0.39 is 0 Å². The first-order valence-electron chi connectivity index (χ1n) is 7.09. The van der Waals surface area contributed by atoms with Gasteiger partial charge >= 0.3 is 0 Å². The SMILES string of the molecule is COc1ccc(-c2cnc(OCc3ccccc3)c(Br)c2)cn1. The molecule has 4 nitrogen and oxygen atoms in total. The van der Waals surface area contributed by atoms with Gasteiger partial charge in [-0.05, 0) is 33.6 Å². The van der Waals surface area contributed by atoms with Crippen LogP contribution in [0.2, 0.25) is 0 Å². The molecule has 5 heteroatoms. The summed E-state index contributed by atoms with van der Waals surface area (Å²) in [5.74, 6) is 1.16. The molecule has 3 aromatic rings. The Labute approximate surface area is 143 Å². The lowest BCUT2D eigenvalue weighted by molar-refractivity contribution is 0.292. The summed E-state index contributed by atoms with van der Waals surface area (Å²) in [6.07, 6.45) is 3.53. The molecule has 23 heavy (non-hydrogen) atoms. The molecule has 0 unspecified atom stereocenters. The summed E-state index contributed by atoms with van der Waals surface area (Å²) in [6.45, 7) is 0.482. The predicted molar refractivity (Wildman–Crippen MR) is 92.5 cm³/mol. The van der Waals surface area contributed by atoms with E-state index in [0.717, 1.165) is 21.2 Å². The first-order valence-corrected chi connectivity index (χ1v) is 7.88. The highest BCUT2D eigenvalue weighted by Crippen LogP contribution is 2.29. The third-order valence-electron chi connectivity index (χ3n) is 3.30. The van der Waals surface area contributed by atoms with E-state index in [2.05, 4.69) is 25.9 Å². The van der Waals surface area contributed by atoms with Crippen molar-refractivity contribution in [1.82, 2.24) is 9.97 Å². The van der Waals surface area contributed by atoms with Crippen LogP contribution in [0, 0.1) is 0 Å². The lowest BCUT2D eigenvalue weighted by atomic mass is 10.1. The van der Waals surface area contributed by atoms with Crippen molar-refractivity contribution in [2.45, 2.75) is 6.61 Å². The predicted octanol–water partition coefficient (Wildman–Crippen LogP) is 4.49. The Morgan fingerprint density at radius 2 is 1.74 bits per heavy atom. The summed E-state index contributed by atoms with van der Waals surface area (Å²) < 4.78 is 11.6. The number of rotatable bonds is 5. The van der Waals surface area contributed by atoms with Gasteiger partial charge in [-0.25, -0.2) is 9.97 Å². The van der Waals surface area contributed by atoms with Gasteiger partial charge in [0.15, 0.2) is 0 Å². The van der Waals surface area contributed by atoms with Crippen LogP contribution in [0.3, 0.4) is 0 Å². The van der Waals surface area contributed by atoms with E-state index in [1.807, 2.05) is 48.5 Å². The monoisotopic (exact) mass is 370 g/mol. The van der Waals surface area contributed by atoms with E-state index in [4.69, 9.17) is 9.47 Å². The van der Waals surface area contributed by atoms with Crippen molar-refractivity contribution in [1.29, 1.82) is 0 Å². The Bertz CT molecular complexity index is 777. The molecule has 0 saturated carbocycles. The van der Waals surface area contributed by atoms with Crippen molar-refractivity contribution in [3.05, 3.63) is 71.0 Å². The zero-order chi connectivity index (χ0) is 16.1. The number of benzene rings is 1. The van der Waals surface area contributed by atoms with E-state index in [1.54, 1.807) is 19.5 Å². The van der Waals surface area contributed by atoms with Crippen molar-refractivity contribution in [2.24, 2.45) is 0 Å². The van der Waals surface area contributed by atoms with Gasteiger partial charge in [0.1, 0.15) is 6.61 Å². The molecule has 0 fully saturated rings. The number of nitrogens with zero attached hydrogens (tertiary/aromatic N) is 2. The minimum absolute atomic E-state index is 0.482. The minimum atomic E-state index is 0.482. The summed E-state index contributed by atoms with van der Waals surface area (Å²) in [6, 6.07) is 15.7. The molecule has 0 radical (unpaired) electrons. The van der Waals surface area contributed by atoms with Crippen LogP contribution in [-0.2, 0) is 6.61 Å². The van der Waals surface area contributed by atoms with Crippen LogP contribution in [-0.4, -0.2) is 17.1 Å². The molecule has 1 aromatic carbocycles. The number of ether oxygens (including phenoxy) is 2. The topological polar surface area (TPSA) is 44.2 Å². The van der Waals surface area contributed by atoms with Crippen molar-refractivity contribution >= 4 is 15.9 Å². The molecule has 2 heterocycles. The Morgan fingerprint density at radius 3 is 2.39 bits per heavy atom. The molecule has 0 aliphatic carbocycles. The van der Waals surface area contributed by atoms with Crippen LogP contribution < -0.4 is 9.47 Å².